The van der Waals surface area contributed by atoms with Crippen LogP contribution in [-0.4, -0.2) is 6.04 Å². The van der Waals surface area contributed by atoms with Crippen molar-refractivity contribution in [1.82, 2.24) is 0 Å². The fraction of sp³-hybridized carbons (Fsp3) is 0.500. The molecule has 0 fully saturated rings. The maximum Gasteiger partial charge on any atom is 0.418 e. The van der Waals surface area contributed by atoms with Gasteiger partial charge in [0.25, 0.3) is 0 Å². The van der Waals surface area contributed by atoms with Gasteiger partial charge in [-0.15, -0.1) is 0 Å². The second kappa shape index (κ2) is 5.40. The van der Waals surface area contributed by atoms with Crippen LogP contribution >= 0.6 is 0 Å². The summed E-state index contributed by atoms with van der Waals surface area (Å²) in [7, 11) is 0. The molecule has 1 unspecified atom stereocenters. The number of anilines is 1. The molecule has 0 amide bonds. The maximum absolute atomic E-state index is 12.8. The Morgan fingerprint density at radius 1 is 1.35 bits per heavy atom. The van der Waals surface area contributed by atoms with Crippen molar-refractivity contribution < 1.29 is 13.2 Å². The number of alkyl halides is 3. The fourth-order valence-electron chi connectivity index (χ4n) is 1.45. The first-order valence-electron chi connectivity index (χ1n) is 5.55. The van der Waals surface area contributed by atoms with E-state index in [1.165, 1.54) is 6.07 Å². The lowest BCUT2D eigenvalue weighted by Crippen LogP contribution is -2.18. The van der Waals surface area contributed by atoms with Crippen LogP contribution in [0.3, 0.4) is 0 Å². The van der Waals surface area contributed by atoms with Gasteiger partial charge in [-0.05, 0) is 31.0 Å². The van der Waals surface area contributed by atoms with Crippen LogP contribution in [-0.2, 0) is 12.7 Å². The summed E-state index contributed by atoms with van der Waals surface area (Å²) in [5.74, 6) is 0. The van der Waals surface area contributed by atoms with E-state index in [-0.39, 0.29) is 18.3 Å². The van der Waals surface area contributed by atoms with Gasteiger partial charge in [-0.25, -0.2) is 0 Å². The lowest BCUT2D eigenvalue weighted by molar-refractivity contribution is -0.137. The molecular formula is C12H17F3N2. The first kappa shape index (κ1) is 13.8. The van der Waals surface area contributed by atoms with Gasteiger partial charge in [0, 0.05) is 18.3 Å². The predicted octanol–water partition coefficient (Wildman–Crippen LogP) is 3.37. The second-order valence-electron chi connectivity index (χ2n) is 4.04. The molecule has 0 saturated carbocycles. The normalized spacial score (nSPS) is 13.5. The van der Waals surface area contributed by atoms with E-state index in [1.54, 1.807) is 6.07 Å². The number of nitrogens with two attached hydrogens (primary N) is 1. The molecule has 1 aromatic carbocycles. The minimum absolute atomic E-state index is 0.000161. The van der Waals surface area contributed by atoms with Crippen molar-refractivity contribution in [3.05, 3.63) is 29.3 Å². The summed E-state index contributed by atoms with van der Waals surface area (Å²) in [6, 6.07) is 4.15. The van der Waals surface area contributed by atoms with Gasteiger partial charge in [-0.2, -0.15) is 13.2 Å². The molecule has 3 N–H and O–H groups in total. The van der Waals surface area contributed by atoms with E-state index in [4.69, 9.17) is 5.73 Å². The zero-order valence-electron chi connectivity index (χ0n) is 9.93. The Bertz CT molecular complexity index is 375. The zero-order chi connectivity index (χ0) is 13.1. The largest absolute Gasteiger partial charge is 0.418 e. The molecule has 0 aliphatic rings. The van der Waals surface area contributed by atoms with Crippen molar-refractivity contribution in [2.45, 2.75) is 39.0 Å². The van der Waals surface area contributed by atoms with Crippen LogP contribution in [0.25, 0.3) is 0 Å². The minimum atomic E-state index is -4.36. The SMILES string of the molecule is CCC(C)Nc1ccc(CN)cc1C(F)(F)F. The molecule has 1 rings (SSSR count). The van der Waals surface area contributed by atoms with E-state index in [9.17, 15) is 13.2 Å². The number of nitrogens with one attached hydrogen (secondary N) is 1. The van der Waals surface area contributed by atoms with Crippen LogP contribution in [0.1, 0.15) is 31.4 Å². The van der Waals surface area contributed by atoms with Gasteiger partial charge in [0.2, 0.25) is 0 Å². The summed E-state index contributed by atoms with van der Waals surface area (Å²) in [5.41, 5.74) is 5.29. The van der Waals surface area contributed by atoms with Gasteiger partial charge in [0.05, 0.1) is 5.56 Å². The average Bonchev–Trinajstić information content (AvgIpc) is 2.28. The van der Waals surface area contributed by atoms with Gasteiger partial charge < -0.3 is 11.1 Å². The Balaban J connectivity index is 3.11. The maximum atomic E-state index is 12.8. The van der Waals surface area contributed by atoms with E-state index in [0.717, 1.165) is 12.5 Å². The van der Waals surface area contributed by atoms with Crippen molar-refractivity contribution in [2.24, 2.45) is 5.73 Å². The topological polar surface area (TPSA) is 38.0 Å². The Labute approximate surface area is 99.0 Å². The number of halogens is 3. The van der Waals surface area contributed by atoms with E-state index in [0.29, 0.717) is 5.56 Å². The van der Waals surface area contributed by atoms with E-state index in [2.05, 4.69) is 5.32 Å². The van der Waals surface area contributed by atoms with Crippen LogP contribution in [0.2, 0.25) is 0 Å². The second-order valence-corrected chi connectivity index (χ2v) is 4.04. The minimum Gasteiger partial charge on any atom is -0.382 e. The van der Waals surface area contributed by atoms with Crippen molar-refractivity contribution in [1.29, 1.82) is 0 Å². The zero-order valence-corrected chi connectivity index (χ0v) is 9.93. The first-order chi connectivity index (χ1) is 7.88. The van der Waals surface area contributed by atoms with Crippen LogP contribution in [0.4, 0.5) is 18.9 Å². The van der Waals surface area contributed by atoms with Crippen molar-refractivity contribution in [3.8, 4) is 0 Å². The van der Waals surface area contributed by atoms with Crippen molar-refractivity contribution in [3.63, 3.8) is 0 Å². The number of benzene rings is 1. The van der Waals surface area contributed by atoms with Crippen LogP contribution in [0.15, 0.2) is 18.2 Å². The van der Waals surface area contributed by atoms with E-state index in [1.807, 2.05) is 13.8 Å². The van der Waals surface area contributed by atoms with Gasteiger partial charge in [-0.1, -0.05) is 13.0 Å². The third-order valence-corrected chi connectivity index (χ3v) is 2.64. The summed E-state index contributed by atoms with van der Waals surface area (Å²) >= 11 is 0. The molecule has 0 saturated heterocycles. The predicted molar refractivity (Wildman–Crippen MR) is 62.7 cm³/mol. The molecule has 0 bridgehead atoms. The summed E-state index contributed by atoms with van der Waals surface area (Å²) in [6.07, 6.45) is -3.60. The standard InChI is InChI=1S/C12H17F3N2/c1-3-8(2)17-11-5-4-9(7-16)6-10(11)12(13,14)15/h4-6,8,17H,3,7,16H2,1-2H3. The summed E-state index contributed by atoms with van der Waals surface area (Å²) in [6.45, 7) is 3.86. The smallest absolute Gasteiger partial charge is 0.382 e. The third-order valence-electron chi connectivity index (χ3n) is 2.64. The molecule has 1 atom stereocenters. The summed E-state index contributed by atoms with van der Waals surface area (Å²) < 4.78 is 38.5. The van der Waals surface area contributed by atoms with Crippen LogP contribution < -0.4 is 11.1 Å². The van der Waals surface area contributed by atoms with Crippen LogP contribution in [0.5, 0.6) is 0 Å². The van der Waals surface area contributed by atoms with Gasteiger partial charge >= 0.3 is 6.18 Å². The number of hydrogen-bond acceptors (Lipinski definition) is 2. The molecular weight excluding hydrogens is 229 g/mol. The van der Waals surface area contributed by atoms with E-state index < -0.39 is 11.7 Å². The van der Waals surface area contributed by atoms with Gasteiger partial charge in [-0.3, -0.25) is 0 Å². The van der Waals surface area contributed by atoms with Crippen molar-refractivity contribution >= 4 is 5.69 Å². The molecule has 0 aromatic heterocycles. The first-order valence-corrected chi connectivity index (χ1v) is 5.55. The van der Waals surface area contributed by atoms with E-state index >= 15 is 0 Å². The molecule has 0 radical (unpaired) electrons. The molecule has 96 valence electrons. The van der Waals surface area contributed by atoms with Crippen molar-refractivity contribution in [2.75, 3.05) is 5.32 Å². The molecule has 5 heteroatoms. The number of rotatable bonds is 4. The van der Waals surface area contributed by atoms with Gasteiger partial charge in [0.1, 0.15) is 0 Å². The molecule has 0 aliphatic heterocycles. The molecule has 0 heterocycles. The molecule has 0 aliphatic carbocycles. The molecule has 0 spiro atoms. The highest BCUT2D eigenvalue weighted by Crippen LogP contribution is 2.35. The highest BCUT2D eigenvalue weighted by atomic mass is 19.4. The lowest BCUT2D eigenvalue weighted by Gasteiger charge is -2.19. The summed E-state index contributed by atoms with van der Waals surface area (Å²) in [5, 5.41) is 2.86. The monoisotopic (exact) mass is 246 g/mol. The molecule has 2 nitrogen and oxygen atoms in total. The van der Waals surface area contributed by atoms with Gasteiger partial charge in [0.15, 0.2) is 0 Å². The highest BCUT2D eigenvalue weighted by Gasteiger charge is 2.33. The highest BCUT2D eigenvalue weighted by molar-refractivity contribution is 5.54. The summed E-state index contributed by atoms with van der Waals surface area (Å²) in [4.78, 5) is 0. The Morgan fingerprint density at radius 2 is 2.00 bits per heavy atom. The molecule has 1 aromatic rings. The number of hydrogen-bond donors (Lipinski definition) is 2. The molecule has 17 heavy (non-hydrogen) atoms. The lowest BCUT2D eigenvalue weighted by atomic mass is 10.1. The Morgan fingerprint density at radius 3 is 2.47 bits per heavy atom. The quantitative estimate of drug-likeness (QED) is 0.854. The van der Waals surface area contributed by atoms with Crippen LogP contribution in [0, 0.1) is 0 Å². The fourth-order valence-corrected chi connectivity index (χ4v) is 1.45. The Kier molecular flexibility index (Phi) is 4.40. The Hall–Kier alpha value is -1.23. The average molecular weight is 246 g/mol. The third kappa shape index (κ3) is 3.63.